The summed E-state index contributed by atoms with van der Waals surface area (Å²) in [6.07, 6.45) is 1.28. The molecule has 84 valence electrons. The zero-order valence-electron chi connectivity index (χ0n) is 9.83. The molecule has 0 bridgehead atoms. The van der Waals surface area contributed by atoms with E-state index < -0.39 is 6.10 Å². The number of aryl methyl sites for hydroxylation is 1. The Morgan fingerprint density at radius 2 is 2.00 bits per heavy atom. The normalized spacial score (nSPS) is 15.0. The van der Waals surface area contributed by atoms with Crippen LogP contribution in [0.3, 0.4) is 0 Å². The van der Waals surface area contributed by atoms with Gasteiger partial charge in [-0.3, -0.25) is 0 Å². The number of benzene rings is 1. The van der Waals surface area contributed by atoms with Crippen molar-refractivity contribution in [3.63, 3.8) is 0 Å². The van der Waals surface area contributed by atoms with Crippen LogP contribution in [0.4, 0.5) is 0 Å². The predicted octanol–water partition coefficient (Wildman–Crippen LogP) is 2.46. The third-order valence-electron chi connectivity index (χ3n) is 3.00. The standard InChI is InChI=1S/C13H21NO/c1-4-6-12(15)13(14)11-8-5-7-9(2)10(11)3/h5,7-8,12-13,15H,4,6,14H2,1-3H3/t12-,13+/m1/s1. The lowest BCUT2D eigenvalue weighted by molar-refractivity contribution is 0.134. The van der Waals surface area contributed by atoms with E-state index in [0.717, 1.165) is 18.4 Å². The molecule has 3 N–H and O–H groups in total. The lowest BCUT2D eigenvalue weighted by Crippen LogP contribution is -2.26. The number of hydrogen-bond acceptors (Lipinski definition) is 2. The van der Waals surface area contributed by atoms with Crippen LogP contribution in [-0.4, -0.2) is 11.2 Å². The van der Waals surface area contributed by atoms with Crippen LogP contribution in [0.15, 0.2) is 18.2 Å². The quantitative estimate of drug-likeness (QED) is 0.796. The first-order valence-corrected chi connectivity index (χ1v) is 5.57. The van der Waals surface area contributed by atoms with Crippen LogP contribution in [-0.2, 0) is 0 Å². The van der Waals surface area contributed by atoms with Gasteiger partial charge in [-0.2, -0.15) is 0 Å². The number of aliphatic hydroxyl groups is 1. The molecule has 0 fully saturated rings. The summed E-state index contributed by atoms with van der Waals surface area (Å²) in [5.41, 5.74) is 9.53. The topological polar surface area (TPSA) is 46.2 Å². The van der Waals surface area contributed by atoms with Crippen molar-refractivity contribution in [2.24, 2.45) is 5.73 Å². The van der Waals surface area contributed by atoms with Crippen molar-refractivity contribution in [1.82, 2.24) is 0 Å². The van der Waals surface area contributed by atoms with Crippen molar-refractivity contribution in [1.29, 1.82) is 0 Å². The van der Waals surface area contributed by atoms with Gasteiger partial charge in [0.05, 0.1) is 12.1 Å². The molecule has 1 aromatic rings. The smallest absolute Gasteiger partial charge is 0.0732 e. The van der Waals surface area contributed by atoms with Gasteiger partial charge >= 0.3 is 0 Å². The molecule has 2 atom stereocenters. The van der Waals surface area contributed by atoms with E-state index >= 15 is 0 Å². The third-order valence-corrected chi connectivity index (χ3v) is 3.00. The van der Waals surface area contributed by atoms with Crippen LogP contribution in [0.1, 0.15) is 42.5 Å². The molecule has 0 heterocycles. The van der Waals surface area contributed by atoms with Gasteiger partial charge in [0, 0.05) is 0 Å². The second-order valence-electron chi connectivity index (χ2n) is 4.17. The van der Waals surface area contributed by atoms with E-state index in [0.29, 0.717) is 0 Å². The van der Waals surface area contributed by atoms with Gasteiger partial charge in [-0.05, 0) is 37.0 Å². The number of rotatable bonds is 4. The van der Waals surface area contributed by atoms with Gasteiger partial charge in [0.2, 0.25) is 0 Å². The summed E-state index contributed by atoms with van der Waals surface area (Å²) in [5.74, 6) is 0. The highest BCUT2D eigenvalue weighted by Crippen LogP contribution is 2.22. The Balaban J connectivity index is 2.90. The van der Waals surface area contributed by atoms with E-state index in [1.807, 2.05) is 12.1 Å². The summed E-state index contributed by atoms with van der Waals surface area (Å²) in [7, 11) is 0. The fourth-order valence-electron chi connectivity index (χ4n) is 1.82. The first-order chi connectivity index (χ1) is 7.07. The summed E-state index contributed by atoms with van der Waals surface area (Å²) in [6.45, 7) is 6.18. The molecular weight excluding hydrogens is 186 g/mol. The summed E-state index contributed by atoms with van der Waals surface area (Å²) < 4.78 is 0. The Kier molecular flexibility index (Phi) is 4.30. The van der Waals surface area contributed by atoms with Gasteiger partial charge in [0.15, 0.2) is 0 Å². The zero-order chi connectivity index (χ0) is 11.4. The minimum Gasteiger partial charge on any atom is -0.391 e. The molecule has 0 radical (unpaired) electrons. The minimum absolute atomic E-state index is 0.259. The van der Waals surface area contributed by atoms with Crippen LogP contribution in [0.25, 0.3) is 0 Å². The second kappa shape index (κ2) is 5.29. The lowest BCUT2D eigenvalue weighted by atomic mass is 9.93. The molecule has 0 aliphatic rings. The van der Waals surface area contributed by atoms with E-state index in [4.69, 9.17) is 5.73 Å². The van der Waals surface area contributed by atoms with Crippen molar-refractivity contribution in [2.75, 3.05) is 0 Å². The van der Waals surface area contributed by atoms with Gasteiger partial charge in [-0.1, -0.05) is 31.5 Å². The van der Waals surface area contributed by atoms with Crippen LogP contribution in [0.2, 0.25) is 0 Å². The molecule has 0 unspecified atom stereocenters. The van der Waals surface area contributed by atoms with E-state index in [9.17, 15) is 5.11 Å². The fourth-order valence-corrected chi connectivity index (χ4v) is 1.82. The third kappa shape index (κ3) is 2.80. The molecule has 0 aromatic heterocycles. The molecule has 1 rings (SSSR count). The molecule has 1 aromatic carbocycles. The molecule has 2 nitrogen and oxygen atoms in total. The molecule has 0 saturated carbocycles. The second-order valence-corrected chi connectivity index (χ2v) is 4.17. The Labute approximate surface area is 92.1 Å². The first kappa shape index (κ1) is 12.2. The molecule has 0 spiro atoms. The van der Waals surface area contributed by atoms with Gasteiger partial charge in [0.1, 0.15) is 0 Å². The monoisotopic (exact) mass is 207 g/mol. The molecule has 0 aliphatic heterocycles. The van der Waals surface area contributed by atoms with E-state index in [2.05, 4.69) is 26.8 Å². The number of nitrogens with two attached hydrogens (primary N) is 1. The summed E-state index contributed by atoms with van der Waals surface area (Å²) in [5, 5.41) is 9.86. The maximum atomic E-state index is 9.86. The van der Waals surface area contributed by atoms with Crippen molar-refractivity contribution < 1.29 is 5.11 Å². The van der Waals surface area contributed by atoms with Crippen LogP contribution in [0.5, 0.6) is 0 Å². The largest absolute Gasteiger partial charge is 0.391 e. The van der Waals surface area contributed by atoms with Crippen LogP contribution < -0.4 is 5.73 Å². The average molecular weight is 207 g/mol. The zero-order valence-corrected chi connectivity index (χ0v) is 9.83. The fraction of sp³-hybridized carbons (Fsp3) is 0.538. The van der Waals surface area contributed by atoms with Crippen molar-refractivity contribution in [3.8, 4) is 0 Å². The highest BCUT2D eigenvalue weighted by molar-refractivity contribution is 5.35. The maximum absolute atomic E-state index is 9.86. The molecule has 2 heteroatoms. The summed E-state index contributed by atoms with van der Waals surface area (Å²) in [4.78, 5) is 0. The lowest BCUT2D eigenvalue weighted by Gasteiger charge is -2.21. The van der Waals surface area contributed by atoms with E-state index in [1.165, 1.54) is 11.1 Å². The predicted molar refractivity (Wildman–Crippen MR) is 63.8 cm³/mol. The van der Waals surface area contributed by atoms with E-state index in [-0.39, 0.29) is 6.04 Å². The molecule has 0 saturated heterocycles. The minimum atomic E-state index is -0.435. The van der Waals surface area contributed by atoms with Crippen molar-refractivity contribution >= 4 is 0 Å². The first-order valence-electron chi connectivity index (χ1n) is 5.57. The van der Waals surface area contributed by atoms with Gasteiger partial charge in [-0.15, -0.1) is 0 Å². The summed E-state index contributed by atoms with van der Waals surface area (Å²) in [6, 6.07) is 5.81. The van der Waals surface area contributed by atoms with E-state index in [1.54, 1.807) is 0 Å². The highest BCUT2D eigenvalue weighted by Gasteiger charge is 2.17. The van der Waals surface area contributed by atoms with Gasteiger partial charge in [0.25, 0.3) is 0 Å². The summed E-state index contributed by atoms with van der Waals surface area (Å²) >= 11 is 0. The number of hydrogen-bond donors (Lipinski definition) is 2. The molecule has 15 heavy (non-hydrogen) atoms. The Bertz CT molecular complexity index is 322. The van der Waals surface area contributed by atoms with Crippen molar-refractivity contribution in [3.05, 3.63) is 34.9 Å². The Morgan fingerprint density at radius 1 is 1.33 bits per heavy atom. The van der Waals surface area contributed by atoms with Crippen molar-refractivity contribution in [2.45, 2.75) is 45.8 Å². The van der Waals surface area contributed by atoms with Gasteiger partial charge < -0.3 is 10.8 Å². The molecule has 0 aliphatic carbocycles. The molecular formula is C13H21NO. The Morgan fingerprint density at radius 3 is 2.60 bits per heavy atom. The van der Waals surface area contributed by atoms with Gasteiger partial charge in [-0.25, -0.2) is 0 Å². The van der Waals surface area contributed by atoms with Crippen LogP contribution in [0, 0.1) is 13.8 Å². The SMILES string of the molecule is CCC[C@@H](O)[C@@H](N)c1cccc(C)c1C. The maximum Gasteiger partial charge on any atom is 0.0732 e. The molecule has 0 amide bonds. The average Bonchev–Trinajstić information content (AvgIpc) is 2.21. The Hall–Kier alpha value is -0.860. The van der Waals surface area contributed by atoms with Crippen LogP contribution >= 0.6 is 0 Å². The highest BCUT2D eigenvalue weighted by atomic mass is 16.3. The number of aliphatic hydroxyl groups excluding tert-OH is 1.